The molecule has 2 aliphatic heterocycles. The highest BCUT2D eigenvalue weighted by Crippen LogP contribution is 2.28. The molecule has 33 heavy (non-hydrogen) atoms. The van der Waals surface area contributed by atoms with Gasteiger partial charge in [0.2, 0.25) is 5.91 Å². The first-order chi connectivity index (χ1) is 16.0. The molecule has 168 valence electrons. The minimum Gasteiger partial charge on any atom is -0.368 e. The summed E-state index contributed by atoms with van der Waals surface area (Å²) < 4.78 is 18.9. The van der Waals surface area contributed by atoms with Crippen LogP contribution in [-0.4, -0.2) is 58.8 Å². The van der Waals surface area contributed by atoms with E-state index < -0.39 is 18.0 Å². The minimum absolute atomic E-state index is 0.000767. The van der Waals surface area contributed by atoms with E-state index in [9.17, 15) is 18.8 Å². The number of carbonyl (C=O) groups is 3. The standard InChI is InChI=1S/C25H22FN3O4/c26-18-6-3-15(4-7-18)12-20(25(32)29-11-9-22-23(29)21(30)14-33-22)28-24(31)17-5-8-19-16(13-17)2-1-10-27-19/h1-8,10,13,20,22-23H,9,11-12,14H2,(H,28,31). The Hall–Kier alpha value is -3.65. The molecule has 3 aromatic rings. The van der Waals surface area contributed by atoms with Crippen molar-refractivity contribution in [2.45, 2.75) is 31.0 Å². The Labute approximate surface area is 189 Å². The Morgan fingerprint density at radius 1 is 1.18 bits per heavy atom. The maximum atomic E-state index is 13.5. The number of benzene rings is 2. The molecule has 0 radical (unpaired) electrons. The second kappa shape index (κ2) is 8.71. The fourth-order valence-electron chi connectivity index (χ4n) is 4.56. The van der Waals surface area contributed by atoms with E-state index in [4.69, 9.17) is 4.74 Å². The summed E-state index contributed by atoms with van der Waals surface area (Å²) in [5, 5.41) is 3.64. The number of rotatable bonds is 5. The molecule has 0 bridgehead atoms. The highest BCUT2D eigenvalue weighted by molar-refractivity contribution is 6.01. The number of nitrogens with zero attached hydrogens (tertiary/aromatic N) is 2. The Bertz CT molecular complexity index is 1230. The Morgan fingerprint density at radius 2 is 2.00 bits per heavy atom. The SMILES string of the molecule is O=C(NC(Cc1ccc(F)cc1)C(=O)N1CCC2OCC(=O)C21)c1ccc2ncccc2c1. The molecule has 0 saturated carbocycles. The predicted molar refractivity (Wildman–Crippen MR) is 118 cm³/mol. The average molecular weight is 447 g/mol. The molecule has 0 spiro atoms. The van der Waals surface area contributed by atoms with Crippen LogP contribution >= 0.6 is 0 Å². The van der Waals surface area contributed by atoms with Crippen LogP contribution in [0.2, 0.25) is 0 Å². The van der Waals surface area contributed by atoms with Gasteiger partial charge in [-0.2, -0.15) is 0 Å². The fraction of sp³-hybridized carbons (Fsp3) is 0.280. The van der Waals surface area contributed by atoms with Crippen LogP contribution in [0, 0.1) is 5.82 Å². The van der Waals surface area contributed by atoms with E-state index >= 15 is 0 Å². The first-order valence-corrected chi connectivity index (χ1v) is 10.8. The van der Waals surface area contributed by atoms with Gasteiger partial charge in [-0.3, -0.25) is 19.4 Å². The van der Waals surface area contributed by atoms with E-state index in [0.29, 0.717) is 24.1 Å². The number of ether oxygens (including phenoxy) is 1. The van der Waals surface area contributed by atoms with Crippen molar-refractivity contribution in [3.05, 3.63) is 77.7 Å². The summed E-state index contributed by atoms with van der Waals surface area (Å²) in [5.41, 5.74) is 1.85. The molecule has 1 aromatic heterocycles. The molecule has 2 amide bonds. The van der Waals surface area contributed by atoms with Crippen molar-refractivity contribution in [1.82, 2.24) is 15.2 Å². The van der Waals surface area contributed by atoms with Crippen LogP contribution in [-0.2, 0) is 20.7 Å². The normalized spacial score (nSPS) is 20.6. The molecular weight excluding hydrogens is 425 g/mol. The van der Waals surface area contributed by atoms with Gasteiger partial charge in [-0.1, -0.05) is 18.2 Å². The van der Waals surface area contributed by atoms with Gasteiger partial charge in [0.1, 0.15) is 24.5 Å². The zero-order chi connectivity index (χ0) is 22.9. The van der Waals surface area contributed by atoms with Gasteiger partial charge >= 0.3 is 0 Å². The number of nitrogens with one attached hydrogen (secondary N) is 1. The van der Waals surface area contributed by atoms with E-state index in [0.717, 1.165) is 10.9 Å². The Morgan fingerprint density at radius 3 is 2.82 bits per heavy atom. The van der Waals surface area contributed by atoms with E-state index in [1.807, 2.05) is 6.07 Å². The molecule has 3 heterocycles. The predicted octanol–water partition coefficient (Wildman–Crippen LogP) is 2.28. The maximum Gasteiger partial charge on any atom is 0.251 e. The van der Waals surface area contributed by atoms with Crippen molar-refractivity contribution in [1.29, 1.82) is 0 Å². The molecule has 2 aliphatic rings. The molecule has 2 fully saturated rings. The number of hydrogen-bond donors (Lipinski definition) is 1. The summed E-state index contributed by atoms with van der Waals surface area (Å²) in [4.78, 5) is 44.7. The van der Waals surface area contributed by atoms with Crippen molar-refractivity contribution in [2.75, 3.05) is 13.2 Å². The molecule has 8 heteroatoms. The van der Waals surface area contributed by atoms with Gasteiger partial charge in [0, 0.05) is 30.1 Å². The van der Waals surface area contributed by atoms with E-state index in [2.05, 4.69) is 10.3 Å². The van der Waals surface area contributed by atoms with Crippen molar-refractivity contribution < 1.29 is 23.5 Å². The molecular formula is C25H22FN3O4. The molecule has 3 unspecified atom stereocenters. The molecule has 3 atom stereocenters. The maximum absolute atomic E-state index is 13.5. The number of pyridine rings is 1. The number of fused-ring (bicyclic) bond motifs is 2. The number of Topliss-reactive ketones (excluding diaryl/α,β-unsaturated/α-hetero) is 1. The smallest absolute Gasteiger partial charge is 0.251 e. The summed E-state index contributed by atoms with van der Waals surface area (Å²) >= 11 is 0. The van der Waals surface area contributed by atoms with Gasteiger partial charge in [0.25, 0.3) is 5.91 Å². The molecule has 2 saturated heterocycles. The second-order valence-corrected chi connectivity index (χ2v) is 8.35. The largest absolute Gasteiger partial charge is 0.368 e. The van der Waals surface area contributed by atoms with Gasteiger partial charge in [-0.05, 0) is 48.4 Å². The van der Waals surface area contributed by atoms with Gasteiger partial charge < -0.3 is 15.0 Å². The molecule has 0 aliphatic carbocycles. The van der Waals surface area contributed by atoms with Crippen molar-refractivity contribution in [2.24, 2.45) is 0 Å². The Balaban J connectivity index is 1.41. The Kier molecular flexibility index (Phi) is 5.60. The monoisotopic (exact) mass is 447 g/mol. The van der Waals surface area contributed by atoms with Gasteiger partial charge in [-0.25, -0.2) is 4.39 Å². The lowest BCUT2D eigenvalue weighted by molar-refractivity contribution is -0.138. The topological polar surface area (TPSA) is 88.6 Å². The average Bonchev–Trinajstić information content (AvgIpc) is 3.42. The third-order valence-corrected chi connectivity index (χ3v) is 6.22. The summed E-state index contributed by atoms with van der Waals surface area (Å²) in [6.45, 7) is 0.385. The number of ketones is 1. The van der Waals surface area contributed by atoms with Gasteiger partial charge in [0.15, 0.2) is 5.78 Å². The second-order valence-electron chi connectivity index (χ2n) is 8.35. The number of aromatic nitrogens is 1. The quantitative estimate of drug-likeness (QED) is 0.648. The van der Waals surface area contributed by atoms with Gasteiger partial charge in [-0.15, -0.1) is 0 Å². The minimum atomic E-state index is -0.917. The summed E-state index contributed by atoms with van der Waals surface area (Å²) in [7, 11) is 0. The number of amides is 2. The lowest BCUT2D eigenvalue weighted by atomic mass is 10.0. The van der Waals surface area contributed by atoms with Crippen molar-refractivity contribution >= 4 is 28.5 Å². The number of likely N-dealkylation sites (tertiary alicyclic amines) is 1. The summed E-state index contributed by atoms with van der Waals surface area (Å²) in [5.74, 6) is -1.27. The van der Waals surface area contributed by atoms with Crippen LogP contribution in [0.15, 0.2) is 60.8 Å². The third kappa shape index (κ3) is 4.21. The fourth-order valence-corrected chi connectivity index (χ4v) is 4.56. The molecule has 1 N–H and O–H groups in total. The van der Waals surface area contributed by atoms with Gasteiger partial charge in [0.05, 0.1) is 11.6 Å². The number of halogens is 1. The lowest BCUT2D eigenvalue weighted by Crippen LogP contribution is -2.53. The zero-order valence-corrected chi connectivity index (χ0v) is 17.7. The third-order valence-electron chi connectivity index (χ3n) is 6.22. The summed E-state index contributed by atoms with van der Waals surface area (Å²) in [6.07, 6.45) is 2.13. The molecule has 7 nitrogen and oxygen atoms in total. The number of hydrogen-bond acceptors (Lipinski definition) is 5. The highest BCUT2D eigenvalue weighted by Gasteiger charge is 2.48. The first-order valence-electron chi connectivity index (χ1n) is 10.8. The summed E-state index contributed by atoms with van der Waals surface area (Å²) in [6, 6.07) is 13.0. The number of carbonyl (C=O) groups excluding carboxylic acids is 3. The first kappa shape index (κ1) is 21.2. The highest BCUT2D eigenvalue weighted by atomic mass is 19.1. The van der Waals surface area contributed by atoms with Crippen LogP contribution in [0.4, 0.5) is 4.39 Å². The van der Waals surface area contributed by atoms with Crippen LogP contribution < -0.4 is 5.32 Å². The van der Waals surface area contributed by atoms with E-state index in [1.54, 1.807) is 42.6 Å². The van der Waals surface area contributed by atoms with Crippen molar-refractivity contribution in [3.63, 3.8) is 0 Å². The van der Waals surface area contributed by atoms with Crippen LogP contribution in [0.5, 0.6) is 0 Å². The molecule has 2 aromatic carbocycles. The molecule has 5 rings (SSSR count). The van der Waals surface area contributed by atoms with Crippen LogP contribution in [0.3, 0.4) is 0 Å². The van der Waals surface area contributed by atoms with E-state index in [1.165, 1.54) is 17.0 Å². The zero-order valence-electron chi connectivity index (χ0n) is 17.7. The van der Waals surface area contributed by atoms with Crippen LogP contribution in [0.1, 0.15) is 22.3 Å². The van der Waals surface area contributed by atoms with E-state index in [-0.39, 0.29) is 36.6 Å². The van der Waals surface area contributed by atoms with Crippen LogP contribution in [0.25, 0.3) is 10.9 Å². The lowest BCUT2D eigenvalue weighted by Gasteiger charge is -2.27. The van der Waals surface area contributed by atoms with Crippen molar-refractivity contribution in [3.8, 4) is 0 Å².